The Morgan fingerprint density at radius 3 is 2.45 bits per heavy atom. The van der Waals surface area contributed by atoms with Crippen LogP contribution in [-0.2, 0) is 20.1 Å². The third-order valence-electron chi connectivity index (χ3n) is 6.29. The van der Waals surface area contributed by atoms with Crippen LogP contribution in [0.1, 0.15) is 23.5 Å². The summed E-state index contributed by atoms with van der Waals surface area (Å²) in [4.78, 5) is 17.7. The molecule has 1 atom stereocenters. The van der Waals surface area contributed by atoms with Crippen molar-refractivity contribution in [2.24, 2.45) is 0 Å². The molecule has 0 aromatic heterocycles. The molecule has 2 fully saturated rings. The van der Waals surface area contributed by atoms with Crippen molar-refractivity contribution in [3.8, 4) is 5.75 Å². The Bertz CT molecular complexity index is 901. The van der Waals surface area contributed by atoms with Gasteiger partial charge < -0.3 is 24.0 Å². The average molecular weight is 394 g/mol. The Morgan fingerprint density at radius 1 is 1.00 bits per heavy atom. The molecule has 5 rings (SSSR count). The van der Waals surface area contributed by atoms with Gasteiger partial charge in [-0.15, -0.1) is 0 Å². The fourth-order valence-electron chi connectivity index (χ4n) is 4.86. The lowest BCUT2D eigenvalue weighted by Crippen LogP contribution is -2.50. The van der Waals surface area contributed by atoms with Crippen LogP contribution in [0.4, 0.5) is 5.69 Å². The topological polar surface area (TPSA) is 51.2 Å². The van der Waals surface area contributed by atoms with Gasteiger partial charge in [0, 0.05) is 38.2 Å². The quantitative estimate of drug-likeness (QED) is 0.801. The summed E-state index contributed by atoms with van der Waals surface area (Å²) < 4.78 is 17.5. The first-order chi connectivity index (χ1) is 14.2. The first kappa shape index (κ1) is 18.5. The van der Waals surface area contributed by atoms with E-state index in [4.69, 9.17) is 14.2 Å². The molecule has 6 heteroatoms. The molecule has 2 heterocycles. The number of rotatable bonds is 3. The van der Waals surface area contributed by atoms with E-state index in [1.807, 2.05) is 47.4 Å². The lowest BCUT2D eigenvalue weighted by Gasteiger charge is -2.37. The first-order valence-corrected chi connectivity index (χ1v) is 10.3. The van der Waals surface area contributed by atoms with Crippen molar-refractivity contribution in [3.05, 3.63) is 59.7 Å². The van der Waals surface area contributed by atoms with E-state index in [-0.39, 0.29) is 11.8 Å². The zero-order valence-corrected chi connectivity index (χ0v) is 16.7. The molecular weight excluding hydrogens is 368 g/mol. The molecule has 2 aromatic carbocycles. The van der Waals surface area contributed by atoms with Crippen LogP contribution in [0, 0.1) is 0 Å². The molecule has 0 saturated carbocycles. The van der Waals surface area contributed by atoms with Crippen molar-refractivity contribution in [1.82, 2.24) is 4.90 Å². The SMILES string of the molecule is COc1ccccc1N1CCN(C(=O)C2CC3(OCCO3)c3ccccc32)CC1. The van der Waals surface area contributed by atoms with E-state index >= 15 is 0 Å². The maximum Gasteiger partial charge on any atom is 0.230 e. The van der Waals surface area contributed by atoms with Crippen molar-refractivity contribution in [3.63, 3.8) is 0 Å². The number of anilines is 1. The molecular formula is C23H26N2O4. The smallest absolute Gasteiger partial charge is 0.230 e. The molecule has 0 N–H and O–H groups in total. The van der Waals surface area contributed by atoms with Gasteiger partial charge in [0.1, 0.15) is 5.75 Å². The van der Waals surface area contributed by atoms with Crippen LogP contribution in [0.5, 0.6) is 5.75 Å². The molecule has 1 unspecified atom stereocenters. The maximum absolute atomic E-state index is 13.4. The fourth-order valence-corrected chi connectivity index (χ4v) is 4.86. The number of nitrogens with zero attached hydrogens (tertiary/aromatic N) is 2. The van der Waals surface area contributed by atoms with Crippen LogP contribution >= 0.6 is 0 Å². The maximum atomic E-state index is 13.4. The largest absolute Gasteiger partial charge is 0.495 e. The lowest BCUT2D eigenvalue weighted by molar-refractivity contribution is -0.169. The molecule has 2 aliphatic heterocycles. The van der Waals surface area contributed by atoms with Crippen LogP contribution < -0.4 is 9.64 Å². The summed E-state index contributed by atoms with van der Waals surface area (Å²) in [6.45, 7) is 4.13. The Kier molecular flexibility index (Phi) is 4.68. The van der Waals surface area contributed by atoms with Gasteiger partial charge in [-0.25, -0.2) is 0 Å². The van der Waals surface area contributed by atoms with Crippen molar-refractivity contribution < 1.29 is 19.0 Å². The van der Waals surface area contributed by atoms with E-state index in [0.717, 1.165) is 35.7 Å². The Hall–Kier alpha value is -2.57. The van der Waals surface area contributed by atoms with E-state index in [2.05, 4.69) is 11.0 Å². The van der Waals surface area contributed by atoms with Gasteiger partial charge >= 0.3 is 0 Å². The zero-order valence-electron chi connectivity index (χ0n) is 16.7. The number of methoxy groups -OCH3 is 1. The third-order valence-corrected chi connectivity index (χ3v) is 6.29. The summed E-state index contributed by atoms with van der Waals surface area (Å²) in [6, 6.07) is 16.1. The predicted octanol–water partition coefficient (Wildman–Crippen LogP) is 2.73. The van der Waals surface area contributed by atoms with E-state index in [1.165, 1.54) is 0 Å². The van der Waals surface area contributed by atoms with Crippen LogP contribution in [0.2, 0.25) is 0 Å². The van der Waals surface area contributed by atoms with Gasteiger partial charge in [-0.1, -0.05) is 36.4 Å². The molecule has 3 aliphatic rings. The zero-order chi connectivity index (χ0) is 19.8. The second-order valence-electron chi connectivity index (χ2n) is 7.78. The molecule has 2 aromatic rings. The highest BCUT2D eigenvalue weighted by atomic mass is 16.7. The van der Waals surface area contributed by atoms with Gasteiger partial charge in [0.05, 0.1) is 31.9 Å². The number of ether oxygens (including phenoxy) is 3. The summed E-state index contributed by atoms with van der Waals surface area (Å²) in [7, 11) is 1.69. The Balaban J connectivity index is 1.31. The molecule has 1 aliphatic carbocycles. The predicted molar refractivity (Wildman–Crippen MR) is 109 cm³/mol. The molecule has 152 valence electrons. The van der Waals surface area contributed by atoms with E-state index in [9.17, 15) is 4.79 Å². The molecule has 29 heavy (non-hydrogen) atoms. The average Bonchev–Trinajstić information content (AvgIpc) is 3.39. The van der Waals surface area contributed by atoms with Crippen LogP contribution in [-0.4, -0.2) is 57.3 Å². The van der Waals surface area contributed by atoms with Gasteiger partial charge in [-0.2, -0.15) is 0 Å². The monoisotopic (exact) mass is 394 g/mol. The molecule has 0 radical (unpaired) electrons. The number of benzene rings is 2. The van der Waals surface area contributed by atoms with Crippen LogP contribution in [0.3, 0.4) is 0 Å². The number of hydrogen-bond donors (Lipinski definition) is 0. The van der Waals surface area contributed by atoms with Crippen molar-refractivity contribution in [1.29, 1.82) is 0 Å². The highest BCUT2D eigenvalue weighted by Crippen LogP contribution is 2.50. The summed E-state index contributed by atoms with van der Waals surface area (Å²) >= 11 is 0. The molecule has 1 amide bonds. The van der Waals surface area contributed by atoms with Gasteiger partial charge in [0.25, 0.3) is 0 Å². The van der Waals surface area contributed by atoms with Gasteiger partial charge in [0.15, 0.2) is 5.79 Å². The number of amides is 1. The summed E-state index contributed by atoms with van der Waals surface area (Å²) in [5.74, 6) is 0.0977. The molecule has 1 spiro atoms. The number of carbonyl (C=O) groups is 1. The summed E-state index contributed by atoms with van der Waals surface area (Å²) in [6.07, 6.45) is 0.567. The first-order valence-electron chi connectivity index (χ1n) is 10.3. The number of para-hydroxylation sites is 2. The Morgan fingerprint density at radius 2 is 1.69 bits per heavy atom. The van der Waals surface area contributed by atoms with Gasteiger partial charge in [-0.05, 0) is 17.7 Å². The molecule has 0 bridgehead atoms. The minimum absolute atomic E-state index is 0.174. The van der Waals surface area contributed by atoms with E-state index in [0.29, 0.717) is 32.7 Å². The number of piperazine rings is 1. The minimum Gasteiger partial charge on any atom is -0.495 e. The lowest BCUT2D eigenvalue weighted by atomic mass is 9.99. The normalized spacial score (nSPS) is 22.7. The minimum atomic E-state index is -0.740. The summed E-state index contributed by atoms with van der Waals surface area (Å²) in [5.41, 5.74) is 3.15. The van der Waals surface area contributed by atoms with Crippen molar-refractivity contribution in [2.75, 3.05) is 51.4 Å². The van der Waals surface area contributed by atoms with Gasteiger partial charge in [0.2, 0.25) is 5.91 Å². The highest BCUT2D eigenvalue weighted by molar-refractivity contribution is 5.85. The van der Waals surface area contributed by atoms with E-state index in [1.54, 1.807) is 7.11 Å². The number of hydrogen-bond acceptors (Lipinski definition) is 5. The Labute approximate surface area is 171 Å². The van der Waals surface area contributed by atoms with E-state index < -0.39 is 5.79 Å². The third kappa shape index (κ3) is 3.07. The molecule has 6 nitrogen and oxygen atoms in total. The van der Waals surface area contributed by atoms with Crippen LogP contribution in [0.15, 0.2) is 48.5 Å². The van der Waals surface area contributed by atoms with Crippen molar-refractivity contribution >= 4 is 11.6 Å². The molecule has 2 saturated heterocycles. The van der Waals surface area contributed by atoms with Crippen molar-refractivity contribution in [2.45, 2.75) is 18.1 Å². The van der Waals surface area contributed by atoms with Crippen LogP contribution in [0.25, 0.3) is 0 Å². The standard InChI is InChI=1S/C23H26N2O4/c1-27-21-9-5-4-8-20(21)24-10-12-25(13-11-24)22(26)18-16-23(28-14-15-29-23)19-7-3-2-6-17(18)19/h2-9,18H,10-16H2,1H3. The summed E-state index contributed by atoms with van der Waals surface area (Å²) in [5, 5.41) is 0. The van der Waals surface area contributed by atoms with Gasteiger partial charge in [-0.3, -0.25) is 4.79 Å². The second kappa shape index (κ2) is 7.35. The number of fused-ring (bicyclic) bond motifs is 2. The second-order valence-corrected chi connectivity index (χ2v) is 7.78. The highest BCUT2D eigenvalue weighted by Gasteiger charge is 2.51. The number of carbonyl (C=O) groups excluding carboxylic acids is 1. The fraction of sp³-hybridized carbons (Fsp3) is 0.435.